The van der Waals surface area contributed by atoms with Crippen molar-refractivity contribution in [3.63, 3.8) is 0 Å². The lowest BCUT2D eigenvalue weighted by atomic mass is 9.92. The first kappa shape index (κ1) is 11.5. The van der Waals surface area contributed by atoms with Crippen LogP contribution in [0.1, 0.15) is 41.0 Å². The fourth-order valence-electron chi connectivity index (χ4n) is 0.862. The van der Waals surface area contributed by atoms with E-state index in [1.165, 1.54) is 0 Å². The Morgan fingerprint density at radius 2 is 1.83 bits per heavy atom. The van der Waals surface area contributed by atoms with Gasteiger partial charge in [-0.2, -0.15) is 0 Å². The lowest BCUT2D eigenvalue weighted by molar-refractivity contribution is -0.122. The third-order valence-corrected chi connectivity index (χ3v) is 1.40. The lowest BCUT2D eigenvalue weighted by Gasteiger charge is -2.17. The number of hydrogen-bond donors (Lipinski definition) is 1. The topological polar surface area (TPSA) is 29.1 Å². The Kier molecular flexibility index (Phi) is 4.29. The number of amides is 1. The van der Waals surface area contributed by atoms with Crippen LogP contribution in [0.2, 0.25) is 0 Å². The van der Waals surface area contributed by atoms with Crippen molar-refractivity contribution in [2.75, 3.05) is 6.54 Å². The van der Waals surface area contributed by atoms with Gasteiger partial charge in [0.25, 0.3) is 0 Å². The predicted octanol–water partition coefficient (Wildman–Crippen LogP) is 2.19. The third kappa shape index (κ3) is 7.58. The Morgan fingerprint density at radius 3 is 2.17 bits per heavy atom. The standard InChI is InChI=1S/C10H21NO/c1-8(2)7-11-9(12)6-10(3,4)5/h8H,6-7H2,1-5H3,(H,11,12). The first-order valence-electron chi connectivity index (χ1n) is 4.58. The van der Waals surface area contributed by atoms with Crippen LogP contribution in [-0.2, 0) is 4.79 Å². The van der Waals surface area contributed by atoms with Gasteiger partial charge in [-0.15, -0.1) is 0 Å². The van der Waals surface area contributed by atoms with Gasteiger partial charge in [0.05, 0.1) is 0 Å². The van der Waals surface area contributed by atoms with Crippen molar-refractivity contribution in [3.8, 4) is 0 Å². The molecule has 0 aromatic rings. The first-order valence-corrected chi connectivity index (χ1v) is 4.58. The van der Waals surface area contributed by atoms with Crippen LogP contribution < -0.4 is 5.32 Å². The van der Waals surface area contributed by atoms with Gasteiger partial charge in [0.2, 0.25) is 5.91 Å². The molecule has 0 spiro atoms. The van der Waals surface area contributed by atoms with Gasteiger partial charge in [0, 0.05) is 13.0 Å². The molecule has 2 nitrogen and oxygen atoms in total. The zero-order chi connectivity index (χ0) is 9.78. The summed E-state index contributed by atoms with van der Waals surface area (Å²) in [5.74, 6) is 0.699. The molecule has 12 heavy (non-hydrogen) atoms. The largest absolute Gasteiger partial charge is 0.356 e. The van der Waals surface area contributed by atoms with Gasteiger partial charge in [-0.05, 0) is 11.3 Å². The maximum Gasteiger partial charge on any atom is 0.220 e. The summed E-state index contributed by atoms with van der Waals surface area (Å²) in [6.07, 6.45) is 0.611. The summed E-state index contributed by atoms with van der Waals surface area (Å²) >= 11 is 0. The minimum absolute atomic E-state index is 0.0983. The van der Waals surface area contributed by atoms with Crippen LogP contribution in [0.3, 0.4) is 0 Å². The van der Waals surface area contributed by atoms with Crippen molar-refractivity contribution in [1.82, 2.24) is 5.32 Å². The minimum Gasteiger partial charge on any atom is -0.356 e. The van der Waals surface area contributed by atoms with Crippen LogP contribution in [0.15, 0.2) is 0 Å². The Balaban J connectivity index is 3.61. The molecule has 1 N–H and O–H groups in total. The van der Waals surface area contributed by atoms with E-state index in [1.54, 1.807) is 0 Å². The molecular weight excluding hydrogens is 150 g/mol. The molecule has 0 saturated heterocycles. The van der Waals surface area contributed by atoms with E-state index in [2.05, 4.69) is 39.9 Å². The number of nitrogens with one attached hydrogen (secondary N) is 1. The molecule has 0 aliphatic heterocycles. The zero-order valence-corrected chi connectivity index (χ0v) is 8.90. The van der Waals surface area contributed by atoms with Gasteiger partial charge in [0.15, 0.2) is 0 Å². The highest BCUT2D eigenvalue weighted by molar-refractivity contribution is 5.76. The van der Waals surface area contributed by atoms with Crippen LogP contribution in [0, 0.1) is 11.3 Å². The van der Waals surface area contributed by atoms with Gasteiger partial charge in [-0.25, -0.2) is 0 Å². The fourth-order valence-corrected chi connectivity index (χ4v) is 0.862. The van der Waals surface area contributed by atoms with E-state index in [0.717, 1.165) is 6.54 Å². The van der Waals surface area contributed by atoms with Crippen molar-refractivity contribution < 1.29 is 4.79 Å². The van der Waals surface area contributed by atoms with Crippen LogP contribution in [0.5, 0.6) is 0 Å². The third-order valence-electron chi connectivity index (χ3n) is 1.40. The van der Waals surface area contributed by atoms with Crippen LogP contribution in [0.4, 0.5) is 0 Å². The average molecular weight is 171 g/mol. The molecule has 0 unspecified atom stereocenters. The van der Waals surface area contributed by atoms with Crippen molar-refractivity contribution in [1.29, 1.82) is 0 Å². The van der Waals surface area contributed by atoms with Gasteiger partial charge in [-0.1, -0.05) is 34.6 Å². The van der Waals surface area contributed by atoms with Gasteiger partial charge in [-0.3, -0.25) is 4.79 Å². The molecule has 2 heteroatoms. The van der Waals surface area contributed by atoms with E-state index in [-0.39, 0.29) is 11.3 Å². The predicted molar refractivity (Wildman–Crippen MR) is 51.9 cm³/mol. The highest BCUT2D eigenvalue weighted by atomic mass is 16.1. The van der Waals surface area contributed by atoms with Crippen LogP contribution in [-0.4, -0.2) is 12.5 Å². The van der Waals surface area contributed by atoms with Gasteiger partial charge in [0.1, 0.15) is 0 Å². The van der Waals surface area contributed by atoms with Crippen LogP contribution >= 0.6 is 0 Å². The lowest BCUT2D eigenvalue weighted by Crippen LogP contribution is -2.30. The molecule has 0 atom stereocenters. The summed E-state index contributed by atoms with van der Waals surface area (Å²) in [5.41, 5.74) is 0.0983. The SMILES string of the molecule is CC(C)CNC(=O)CC(C)(C)C. The van der Waals surface area contributed by atoms with E-state index in [4.69, 9.17) is 0 Å². The van der Waals surface area contributed by atoms with E-state index in [9.17, 15) is 4.79 Å². The molecule has 0 bridgehead atoms. The number of hydrogen-bond acceptors (Lipinski definition) is 1. The quantitative estimate of drug-likeness (QED) is 0.693. The second-order valence-corrected chi connectivity index (χ2v) is 4.94. The smallest absolute Gasteiger partial charge is 0.220 e. The summed E-state index contributed by atoms with van der Waals surface area (Å²) < 4.78 is 0. The van der Waals surface area contributed by atoms with E-state index in [1.807, 2.05) is 0 Å². The second kappa shape index (κ2) is 4.48. The van der Waals surface area contributed by atoms with Gasteiger partial charge >= 0.3 is 0 Å². The monoisotopic (exact) mass is 171 g/mol. The molecule has 0 aliphatic rings. The van der Waals surface area contributed by atoms with E-state index in [0.29, 0.717) is 12.3 Å². The molecular formula is C10H21NO. The van der Waals surface area contributed by atoms with Crippen molar-refractivity contribution in [2.45, 2.75) is 41.0 Å². The summed E-state index contributed by atoms with van der Waals surface area (Å²) in [6, 6.07) is 0. The number of rotatable bonds is 3. The highest BCUT2D eigenvalue weighted by Crippen LogP contribution is 2.17. The Hall–Kier alpha value is -0.530. The molecule has 0 saturated carbocycles. The Bertz CT molecular complexity index is 144. The Labute approximate surface area is 75.7 Å². The molecule has 0 aromatic heterocycles. The number of carbonyl (C=O) groups excluding carboxylic acids is 1. The minimum atomic E-state index is 0.0983. The first-order chi connectivity index (χ1) is 5.31. The molecule has 0 heterocycles. The molecule has 72 valence electrons. The Morgan fingerprint density at radius 1 is 1.33 bits per heavy atom. The molecule has 0 fully saturated rings. The zero-order valence-electron chi connectivity index (χ0n) is 8.90. The molecule has 0 aliphatic carbocycles. The van der Waals surface area contributed by atoms with E-state index >= 15 is 0 Å². The van der Waals surface area contributed by atoms with E-state index < -0.39 is 0 Å². The summed E-state index contributed by atoms with van der Waals surface area (Å²) in [6.45, 7) is 11.2. The van der Waals surface area contributed by atoms with Crippen molar-refractivity contribution >= 4 is 5.91 Å². The molecule has 0 radical (unpaired) electrons. The second-order valence-electron chi connectivity index (χ2n) is 4.94. The molecule has 0 aromatic carbocycles. The maximum absolute atomic E-state index is 11.3. The van der Waals surface area contributed by atoms with Gasteiger partial charge < -0.3 is 5.32 Å². The summed E-state index contributed by atoms with van der Waals surface area (Å²) in [5, 5.41) is 2.90. The fraction of sp³-hybridized carbons (Fsp3) is 0.900. The molecule has 0 rings (SSSR count). The normalized spacial score (nSPS) is 11.8. The number of carbonyl (C=O) groups is 1. The summed E-state index contributed by atoms with van der Waals surface area (Å²) in [7, 11) is 0. The average Bonchev–Trinajstić information content (AvgIpc) is 1.79. The molecule has 1 amide bonds. The maximum atomic E-state index is 11.3. The van der Waals surface area contributed by atoms with Crippen molar-refractivity contribution in [2.24, 2.45) is 11.3 Å². The summed E-state index contributed by atoms with van der Waals surface area (Å²) in [4.78, 5) is 11.3. The highest BCUT2D eigenvalue weighted by Gasteiger charge is 2.15. The van der Waals surface area contributed by atoms with Crippen molar-refractivity contribution in [3.05, 3.63) is 0 Å². The van der Waals surface area contributed by atoms with Crippen LogP contribution in [0.25, 0.3) is 0 Å².